The molecule has 1 N–H and O–H groups in total. The van der Waals surface area contributed by atoms with E-state index in [-0.39, 0.29) is 17.5 Å². The third-order valence-electron chi connectivity index (χ3n) is 2.69. The number of rotatable bonds is 6. The van der Waals surface area contributed by atoms with Crippen LogP contribution >= 0.6 is 11.8 Å². The lowest BCUT2D eigenvalue weighted by Crippen LogP contribution is -2.14. The van der Waals surface area contributed by atoms with Gasteiger partial charge in [-0.1, -0.05) is 23.9 Å². The zero-order valence-corrected chi connectivity index (χ0v) is 12.4. The van der Waals surface area contributed by atoms with E-state index in [2.05, 4.69) is 22.1 Å². The van der Waals surface area contributed by atoms with Crippen LogP contribution < -0.4 is 5.32 Å². The van der Waals surface area contributed by atoms with E-state index in [1.165, 1.54) is 17.8 Å². The number of aryl methyl sites for hydroxylation is 1. The van der Waals surface area contributed by atoms with Crippen molar-refractivity contribution in [3.63, 3.8) is 0 Å². The molecule has 0 bridgehead atoms. The van der Waals surface area contributed by atoms with E-state index < -0.39 is 0 Å². The van der Waals surface area contributed by atoms with Crippen LogP contribution in [0, 0.1) is 12.7 Å². The molecule has 0 aliphatic carbocycles. The van der Waals surface area contributed by atoms with E-state index >= 15 is 0 Å². The Hall–Kier alpha value is -2.15. The monoisotopic (exact) mass is 306 g/mol. The quantitative estimate of drug-likeness (QED) is 0.658. The van der Waals surface area contributed by atoms with Gasteiger partial charge >= 0.3 is 0 Å². The molecule has 110 valence electrons. The molecule has 1 heterocycles. The van der Waals surface area contributed by atoms with E-state index in [0.717, 1.165) is 0 Å². The van der Waals surface area contributed by atoms with Gasteiger partial charge in [-0.2, -0.15) is 0 Å². The summed E-state index contributed by atoms with van der Waals surface area (Å²) in [6.45, 7) is 5.90. The maximum Gasteiger partial charge on any atom is 0.234 e. The third-order valence-corrected chi connectivity index (χ3v) is 3.67. The first-order valence-corrected chi connectivity index (χ1v) is 7.26. The molecule has 1 amide bonds. The van der Waals surface area contributed by atoms with Gasteiger partial charge in [-0.25, -0.2) is 4.39 Å². The van der Waals surface area contributed by atoms with Gasteiger partial charge in [0.1, 0.15) is 12.1 Å². The number of aromatic nitrogens is 3. The maximum atomic E-state index is 13.4. The lowest BCUT2D eigenvalue weighted by atomic mass is 10.2. The van der Waals surface area contributed by atoms with Gasteiger partial charge in [0.15, 0.2) is 5.16 Å². The molecule has 0 saturated heterocycles. The molecular weight excluding hydrogens is 291 g/mol. The first-order valence-electron chi connectivity index (χ1n) is 6.27. The van der Waals surface area contributed by atoms with Crippen LogP contribution in [0.25, 0.3) is 0 Å². The second-order valence-electron chi connectivity index (χ2n) is 4.36. The molecule has 0 aliphatic heterocycles. The second kappa shape index (κ2) is 7.03. The number of nitrogens with zero attached hydrogens (tertiary/aromatic N) is 3. The number of nitrogens with one attached hydrogen (secondary N) is 1. The highest BCUT2D eigenvalue weighted by Crippen LogP contribution is 2.17. The van der Waals surface area contributed by atoms with Gasteiger partial charge in [0.25, 0.3) is 0 Å². The number of carbonyl (C=O) groups excluding carboxylic acids is 1. The fourth-order valence-electron chi connectivity index (χ4n) is 1.62. The highest BCUT2D eigenvalue weighted by Gasteiger charge is 2.09. The highest BCUT2D eigenvalue weighted by atomic mass is 32.2. The van der Waals surface area contributed by atoms with Gasteiger partial charge in [0.2, 0.25) is 5.91 Å². The molecular formula is C14H15FN4OS. The summed E-state index contributed by atoms with van der Waals surface area (Å²) >= 11 is 1.26. The van der Waals surface area contributed by atoms with E-state index in [0.29, 0.717) is 23.0 Å². The Morgan fingerprint density at radius 3 is 3.10 bits per heavy atom. The average Bonchev–Trinajstić information content (AvgIpc) is 2.89. The predicted molar refractivity (Wildman–Crippen MR) is 80.7 cm³/mol. The predicted octanol–water partition coefficient (Wildman–Crippen LogP) is 2.64. The van der Waals surface area contributed by atoms with E-state index in [4.69, 9.17) is 0 Å². The molecule has 7 heteroatoms. The summed E-state index contributed by atoms with van der Waals surface area (Å²) in [6, 6.07) is 4.60. The smallest absolute Gasteiger partial charge is 0.234 e. The number of thioether (sulfide) groups is 1. The molecule has 1 aromatic heterocycles. The Morgan fingerprint density at radius 1 is 1.57 bits per heavy atom. The number of halogens is 1. The van der Waals surface area contributed by atoms with Crippen molar-refractivity contribution in [2.75, 3.05) is 11.1 Å². The topological polar surface area (TPSA) is 59.8 Å². The standard InChI is InChI=1S/C14H15FN4OS/c1-3-6-19-9-16-18-14(19)21-8-13(20)17-11-5-4-10(2)12(15)7-11/h3-5,7,9H,1,6,8H2,2H3,(H,17,20). The Morgan fingerprint density at radius 2 is 2.38 bits per heavy atom. The number of hydrogen-bond acceptors (Lipinski definition) is 4. The average molecular weight is 306 g/mol. The molecule has 2 aromatic rings. The van der Waals surface area contributed by atoms with Gasteiger partial charge in [-0.05, 0) is 24.6 Å². The first-order chi connectivity index (χ1) is 10.1. The molecule has 0 saturated carbocycles. The number of amides is 1. The zero-order chi connectivity index (χ0) is 15.2. The normalized spacial score (nSPS) is 10.4. The summed E-state index contributed by atoms with van der Waals surface area (Å²) in [5.74, 6) is -0.395. The van der Waals surface area contributed by atoms with Gasteiger partial charge in [-0.15, -0.1) is 16.8 Å². The van der Waals surface area contributed by atoms with Crippen LogP contribution in [0.3, 0.4) is 0 Å². The maximum absolute atomic E-state index is 13.4. The van der Waals surface area contributed by atoms with Gasteiger partial charge in [0, 0.05) is 12.2 Å². The minimum Gasteiger partial charge on any atom is -0.325 e. The molecule has 0 fully saturated rings. The minimum atomic E-state index is -0.342. The Balaban J connectivity index is 1.91. The molecule has 0 atom stereocenters. The van der Waals surface area contributed by atoms with Crippen LogP contribution in [0.5, 0.6) is 0 Å². The van der Waals surface area contributed by atoms with Crippen molar-refractivity contribution in [2.45, 2.75) is 18.6 Å². The second-order valence-corrected chi connectivity index (χ2v) is 5.30. The molecule has 0 unspecified atom stereocenters. The molecule has 0 spiro atoms. The number of anilines is 1. The number of carbonyl (C=O) groups is 1. The zero-order valence-electron chi connectivity index (χ0n) is 11.5. The van der Waals surface area contributed by atoms with Crippen molar-refractivity contribution in [3.05, 3.63) is 48.6 Å². The fraction of sp³-hybridized carbons (Fsp3) is 0.214. The summed E-state index contributed by atoms with van der Waals surface area (Å²) in [4.78, 5) is 11.8. The van der Waals surface area contributed by atoms with Crippen molar-refractivity contribution in [1.82, 2.24) is 14.8 Å². The lowest BCUT2D eigenvalue weighted by molar-refractivity contribution is -0.113. The van der Waals surface area contributed by atoms with Crippen molar-refractivity contribution in [2.24, 2.45) is 0 Å². The number of benzene rings is 1. The lowest BCUT2D eigenvalue weighted by Gasteiger charge is -2.06. The van der Waals surface area contributed by atoms with Gasteiger partial charge in [0.05, 0.1) is 5.75 Å². The van der Waals surface area contributed by atoms with Crippen LogP contribution in [0.2, 0.25) is 0 Å². The SMILES string of the molecule is C=CCn1cnnc1SCC(=O)Nc1ccc(C)c(F)c1. The van der Waals surface area contributed by atoms with E-state index in [9.17, 15) is 9.18 Å². The molecule has 0 radical (unpaired) electrons. The molecule has 2 rings (SSSR count). The molecule has 0 aliphatic rings. The summed E-state index contributed by atoms with van der Waals surface area (Å²) in [5.41, 5.74) is 0.983. The highest BCUT2D eigenvalue weighted by molar-refractivity contribution is 7.99. The fourth-order valence-corrected chi connectivity index (χ4v) is 2.34. The third kappa shape index (κ3) is 4.16. The summed E-state index contributed by atoms with van der Waals surface area (Å²) in [5, 5.41) is 11.0. The summed E-state index contributed by atoms with van der Waals surface area (Å²) in [6.07, 6.45) is 3.31. The molecule has 5 nitrogen and oxygen atoms in total. The van der Waals surface area contributed by atoms with Crippen molar-refractivity contribution in [1.29, 1.82) is 0 Å². The Kier molecular flexibility index (Phi) is 5.10. The van der Waals surface area contributed by atoms with Crippen LogP contribution in [0.15, 0.2) is 42.3 Å². The first kappa shape index (κ1) is 15.2. The molecule has 1 aromatic carbocycles. The minimum absolute atomic E-state index is 0.172. The number of hydrogen-bond donors (Lipinski definition) is 1. The van der Waals surface area contributed by atoms with Crippen molar-refractivity contribution >= 4 is 23.4 Å². The van der Waals surface area contributed by atoms with Crippen molar-refractivity contribution in [3.8, 4) is 0 Å². The van der Waals surface area contributed by atoms with Crippen LogP contribution in [-0.2, 0) is 11.3 Å². The summed E-state index contributed by atoms with van der Waals surface area (Å²) in [7, 11) is 0. The van der Waals surface area contributed by atoms with E-state index in [1.54, 1.807) is 36.0 Å². The van der Waals surface area contributed by atoms with Crippen molar-refractivity contribution < 1.29 is 9.18 Å². The Labute approximate surface area is 126 Å². The van der Waals surface area contributed by atoms with Gasteiger partial charge < -0.3 is 9.88 Å². The largest absolute Gasteiger partial charge is 0.325 e. The Bertz CT molecular complexity index is 656. The summed E-state index contributed by atoms with van der Waals surface area (Å²) < 4.78 is 15.2. The van der Waals surface area contributed by atoms with Crippen LogP contribution in [-0.4, -0.2) is 26.4 Å². The van der Waals surface area contributed by atoms with E-state index in [1.807, 2.05) is 0 Å². The number of allylic oxidation sites excluding steroid dienone is 1. The van der Waals surface area contributed by atoms with Crippen LogP contribution in [0.4, 0.5) is 10.1 Å². The molecule has 21 heavy (non-hydrogen) atoms. The van der Waals surface area contributed by atoms with Crippen LogP contribution in [0.1, 0.15) is 5.56 Å². The van der Waals surface area contributed by atoms with Gasteiger partial charge in [-0.3, -0.25) is 4.79 Å².